The number of carbonyl (C=O) groups excluding carboxylic acids is 1. The van der Waals surface area contributed by atoms with Crippen molar-refractivity contribution in [2.24, 2.45) is 0 Å². The Hall–Kier alpha value is -2.32. The predicted octanol–water partition coefficient (Wildman–Crippen LogP) is 2.81. The predicted molar refractivity (Wildman–Crippen MR) is 98.4 cm³/mol. The van der Waals surface area contributed by atoms with Crippen molar-refractivity contribution in [2.75, 3.05) is 31.2 Å². The second kappa shape index (κ2) is 6.66. The van der Waals surface area contributed by atoms with Crippen LogP contribution in [-0.4, -0.2) is 46.1 Å². The molecule has 0 atom stereocenters. The van der Waals surface area contributed by atoms with E-state index in [4.69, 9.17) is 17.3 Å². The third kappa shape index (κ3) is 3.15. The fraction of sp³-hybridized carbons (Fsp3) is 0.267. The van der Waals surface area contributed by atoms with Gasteiger partial charge in [0.15, 0.2) is 0 Å². The zero-order valence-electron chi connectivity index (χ0n) is 13.3. The molecule has 0 spiro atoms. The highest BCUT2D eigenvalue weighted by Gasteiger charge is 2.17. The largest absolute Gasteiger partial charge is 0.384 e. The van der Waals surface area contributed by atoms with Crippen LogP contribution >= 0.6 is 22.9 Å². The van der Waals surface area contributed by atoms with E-state index in [0.29, 0.717) is 29.4 Å². The maximum atomic E-state index is 11.3. The second-order valence-corrected chi connectivity index (χ2v) is 6.75. The van der Waals surface area contributed by atoms with Crippen LogP contribution in [0.4, 0.5) is 11.5 Å². The third-order valence-corrected chi connectivity index (χ3v) is 5.38. The van der Waals surface area contributed by atoms with E-state index in [1.165, 1.54) is 11.3 Å². The molecule has 24 heavy (non-hydrogen) atoms. The molecule has 0 saturated carbocycles. The molecule has 0 aliphatic heterocycles. The Morgan fingerprint density at radius 2 is 2.33 bits per heavy atom. The molecule has 3 heterocycles. The van der Waals surface area contributed by atoms with Crippen LogP contribution in [0.3, 0.4) is 0 Å². The molecule has 0 radical (unpaired) electrons. The fourth-order valence-corrected chi connectivity index (χ4v) is 3.77. The molecule has 1 amide bonds. The van der Waals surface area contributed by atoms with E-state index in [1.807, 2.05) is 6.07 Å². The molecule has 9 heteroatoms. The topological polar surface area (TPSA) is 99.9 Å². The number of amides is 1. The van der Waals surface area contributed by atoms with E-state index >= 15 is 0 Å². The molecule has 0 aliphatic carbocycles. The van der Waals surface area contributed by atoms with Crippen molar-refractivity contribution in [3.8, 4) is 10.6 Å². The van der Waals surface area contributed by atoms with Crippen molar-refractivity contribution < 1.29 is 4.79 Å². The molecule has 3 rings (SSSR count). The number of hydrogen-bond acceptors (Lipinski definition) is 6. The number of halogens is 1. The van der Waals surface area contributed by atoms with Gasteiger partial charge in [-0.05, 0) is 6.07 Å². The van der Waals surface area contributed by atoms with Crippen LogP contribution in [0, 0.1) is 0 Å². The van der Waals surface area contributed by atoms with Crippen LogP contribution in [-0.2, 0) is 4.79 Å². The number of likely N-dealkylation sites (N-methyl/N-ethyl adjacent to an activating group) is 1. The smallest absolute Gasteiger partial charge is 0.219 e. The van der Waals surface area contributed by atoms with Crippen LogP contribution in [0.5, 0.6) is 0 Å². The zero-order valence-corrected chi connectivity index (χ0v) is 14.8. The summed E-state index contributed by atoms with van der Waals surface area (Å²) >= 11 is 8.00. The van der Waals surface area contributed by atoms with Crippen LogP contribution < -0.4 is 11.1 Å². The Kier molecular flexibility index (Phi) is 4.59. The number of nitrogens with zero attached hydrogens (tertiary/aromatic N) is 3. The molecule has 0 aliphatic rings. The highest BCUT2D eigenvalue weighted by molar-refractivity contribution is 7.23. The van der Waals surface area contributed by atoms with Crippen molar-refractivity contribution in [2.45, 2.75) is 6.92 Å². The monoisotopic (exact) mass is 364 g/mol. The molecule has 4 N–H and O–H groups in total. The van der Waals surface area contributed by atoms with Crippen molar-refractivity contribution in [3.63, 3.8) is 0 Å². The summed E-state index contributed by atoms with van der Waals surface area (Å²) in [5.74, 6) is 0.415. The highest BCUT2D eigenvalue weighted by atomic mass is 35.5. The van der Waals surface area contributed by atoms with Crippen molar-refractivity contribution in [3.05, 3.63) is 23.4 Å². The van der Waals surface area contributed by atoms with Gasteiger partial charge in [0.2, 0.25) is 5.91 Å². The molecule has 3 aromatic heterocycles. The van der Waals surface area contributed by atoms with E-state index in [0.717, 1.165) is 21.0 Å². The summed E-state index contributed by atoms with van der Waals surface area (Å²) in [6.45, 7) is 2.73. The van der Waals surface area contributed by atoms with Gasteiger partial charge in [-0.1, -0.05) is 11.6 Å². The molecule has 7 nitrogen and oxygen atoms in total. The zero-order chi connectivity index (χ0) is 17.3. The van der Waals surface area contributed by atoms with Crippen molar-refractivity contribution in [1.29, 1.82) is 0 Å². The minimum atomic E-state index is 0.0249. The highest BCUT2D eigenvalue weighted by Crippen LogP contribution is 2.43. The summed E-state index contributed by atoms with van der Waals surface area (Å²) in [6, 6.07) is 3.63. The number of fused-ring (bicyclic) bond motifs is 1. The molecule has 126 valence electrons. The minimum Gasteiger partial charge on any atom is -0.384 e. The number of thiophene rings is 1. The first-order chi connectivity index (χ1) is 11.5. The molecule has 0 bridgehead atoms. The number of nitrogens with one attached hydrogen (secondary N) is 2. The normalized spacial score (nSPS) is 11.0. The number of rotatable bonds is 5. The minimum absolute atomic E-state index is 0.0249. The Balaban J connectivity index is 1.93. The van der Waals surface area contributed by atoms with E-state index in [-0.39, 0.29) is 5.91 Å². The Labute approximate surface area is 147 Å². The fourth-order valence-electron chi connectivity index (χ4n) is 2.26. The number of hydrogen-bond donors (Lipinski definition) is 3. The number of aromatic amines is 1. The summed E-state index contributed by atoms with van der Waals surface area (Å²) in [6.07, 6.45) is 1.68. The standard InChI is InChI=1S/C15H17ClN6OS/c1-8(23)22(2)6-5-18-10-7-11(17)20-13-12(16)14(24-15(10)13)9-3-4-19-21-9/h3-4,7H,5-6H2,1-2H3,(H,19,21)(H3,17,18,20). The lowest BCUT2D eigenvalue weighted by Gasteiger charge is -2.16. The molecule has 0 fully saturated rings. The maximum Gasteiger partial charge on any atom is 0.219 e. The number of nitrogens with two attached hydrogens (primary N) is 1. The molecule has 0 aromatic carbocycles. The van der Waals surface area contributed by atoms with Gasteiger partial charge in [-0.3, -0.25) is 9.89 Å². The molecular formula is C15H17ClN6OS. The first kappa shape index (κ1) is 16.5. The van der Waals surface area contributed by atoms with Gasteiger partial charge in [-0.25, -0.2) is 4.98 Å². The van der Waals surface area contributed by atoms with Gasteiger partial charge in [0, 0.05) is 39.3 Å². The number of carbonyl (C=O) groups is 1. The van der Waals surface area contributed by atoms with Gasteiger partial charge < -0.3 is 16.0 Å². The van der Waals surface area contributed by atoms with Gasteiger partial charge >= 0.3 is 0 Å². The van der Waals surface area contributed by atoms with Gasteiger partial charge in [-0.15, -0.1) is 11.3 Å². The average molecular weight is 365 g/mol. The van der Waals surface area contributed by atoms with Crippen LogP contribution in [0.15, 0.2) is 18.3 Å². The summed E-state index contributed by atoms with van der Waals surface area (Å²) < 4.78 is 0.921. The van der Waals surface area contributed by atoms with E-state index in [2.05, 4.69) is 20.5 Å². The number of aromatic nitrogens is 3. The van der Waals surface area contributed by atoms with Gasteiger partial charge in [0.25, 0.3) is 0 Å². The Morgan fingerprint density at radius 1 is 1.54 bits per heavy atom. The van der Waals surface area contributed by atoms with Crippen LogP contribution in [0.2, 0.25) is 5.02 Å². The first-order valence-corrected chi connectivity index (χ1v) is 8.50. The second-order valence-electron chi connectivity index (χ2n) is 5.36. The molecule has 0 saturated heterocycles. The average Bonchev–Trinajstić information content (AvgIpc) is 3.16. The van der Waals surface area contributed by atoms with E-state index in [1.54, 1.807) is 31.1 Å². The van der Waals surface area contributed by atoms with Gasteiger partial charge in [0.1, 0.15) is 11.3 Å². The SMILES string of the molecule is CC(=O)N(C)CCNc1cc(N)nc2c(Cl)c(-c3ccn[nH]3)sc12. The quantitative estimate of drug-likeness (QED) is 0.646. The third-order valence-electron chi connectivity index (χ3n) is 3.65. The van der Waals surface area contributed by atoms with Crippen molar-refractivity contribution in [1.82, 2.24) is 20.1 Å². The maximum absolute atomic E-state index is 11.3. The van der Waals surface area contributed by atoms with E-state index in [9.17, 15) is 4.79 Å². The molecular weight excluding hydrogens is 348 g/mol. The van der Waals surface area contributed by atoms with Crippen LogP contribution in [0.25, 0.3) is 20.8 Å². The number of pyridine rings is 1. The Morgan fingerprint density at radius 3 is 3.00 bits per heavy atom. The number of H-pyrrole nitrogens is 1. The van der Waals surface area contributed by atoms with Gasteiger partial charge in [0.05, 0.1) is 26.0 Å². The summed E-state index contributed by atoms with van der Waals surface area (Å²) in [4.78, 5) is 18.1. The lowest BCUT2D eigenvalue weighted by molar-refractivity contribution is -0.127. The summed E-state index contributed by atoms with van der Waals surface area (Å²) in [7, 11) is 1.76. The first-order valence-electron chi connectivity index (χ1n) is 7.31. The number of anilines is 2. The summed E-state index contributed by atoms with van der Waals surface area (Å²) in [5, 5.41) is 10.7. The molecule has 3 aromatic rings. The lowest BCUT2D eigenvalue weighted by Crippen LogP contribution is -2.29. The summed E-state index contributed by atoms with van der Waals surface area (Å²) in [5.41, 5.74) is 8.26. The Bertz CT molecular complexity index is 876. The van der Waals surface area contributed by atoms with Gasteiger partial charge in [-0.2, -0.15) is 5.10 Å². The van der Waals surface area contributed by atoms with Crippen LogP contribution in [0.1, 0.15) is 6.92 Å². The lowest BCUT2D eigenvalue weighted by atomic mass is 10.3. The van der Waals surface area contributed by atoms with E-state index < -0.39 is 0 Å². The van der Waals surface area contributed by atoms with Crippen molar-refractivity contribution >= 4 is 50.6 Å². The number of nitrogen functional groups attached to an aromatic ring is 1. The molecule has 0 unspecified atom stereocenters.